The number of hydrogen-bond acceptors (Lipinski definition) is 6. The number of aromatic nitrogens is 1. The Morgan fingerprint density at radius 3 is 2.90 bits per heavy atom. The lowest BCUT2D eigenvalue weighted by molar-refractivity contribution is 0.0895. The predicted molar refractivity (Wildman–Crippen MR) is 81.2 cm³/mol. The number of ether oxygens (including phenoxy) is 1. The van der Waals surface area contributed by atoms with Gasteiger partial charge < -0.3 is 21.1 Å². The van der Waals surface area contributed by atoms with Crippen molar-refractivity contribution in [3.63, 3.8) is 0 Å². The zero-order valence-electron chi connectivity index (χ0n) is 12.0. The number of amides is 1. The minimum Gasteiger partial charge on any atom is -0.383 e. The van der Waals surface area contributed by atoms with E-state index in [0.29, 0.717) is 29.7 Å². The molecule has 1 amide bonds. The van der Waals surface area contributed by atoms with Crippen LogP contribution in [-0.4, -0.2) is 37.7 Å². The molecule has 1 aliphatic carbocycles. The lowest BCUT2D eigenvalue weighted by Crippen LogP contribution is -2.39. The topological polar surface area (TPSA) is 89.3 Å². The molecule has 7 heteroatoms. The van der Waals surface area contributed by atoms with E-state index in [1.54, 1.807) is 7.11 Å². The molecule has 1 saturated carbocycles. The summed E-state index contributed by atoms with van der Waals surface area (Å²) in [4.78, 5) is 16.8. The number of anilines is 2. The zero-order valence-corrected chi connectivity index (χ0v) is 12.8. The van der Waals surface area contributed by atoms with Crippen molar-refractivity contribution in [2.24, 2.45) is 5.41 Å². The normalized spacial score (nSPS) is 16.5. The molecule has 0 radical (unpaired) electrons. The molecule has 0 bridgehead atoms. The smallest absolute Gasteiger partial charge is 0.265 e. The van der Waals surface area contributed by atoms with Crippen LogP contribution in [0.1, 0.15) is 35.9 Å². The molecule has 20 heavy (non-hydrogen) atoms. The lowest BCUT2D eigenvalue weighted by Gasteiger charge is -2.38. The van der Waals surface area contributed by atoms with Gasteiger partial charge in [-0.15, -0.1) is 0 Å². The summed E-state index contributed by atoms with van der Waals surface area (Å²) in [5.41, 5.74) is 6.06. The van der Waals surface area contributed by atoms with Gasteiger partial charge in [0.1, 0.15) is 10.7 Å². The number of nitrogens with one attached hydrogen (secondary N) is 2. The average molecular weight is 298 g/mol. The quantitative estimate of drug-likeness (QED) is 0.667. The molecule has 4 N–H and O–H groups in total. The van der Waals surface area contributed by atoms with Crippen molar-refractivity contribution in [2.75, 3.05) is 37.9 Å². The van der Waals surface area contributed by atoms with Gasteiger partial charge in [0, 0.05) is 20.2 Å². The van der Waals surface area contributed by atoms with Crippen molar-refractivity contribution in [3.8, 4) is 0 Å². The van der Waals surface area contributed by atoms with Crippen molar-refractivity contribution >= 4 is 28.2 Å². The molecular weight excluding hydrogens is 276 g/mol. The highest BCUT2D eigenvalue weighted by Crippen LogP contribution is 2.39. The standard InChI is InChI=1S/C13H22N4O2S/c1-13(4-3-5-13)8-16-11(18)9-10(14)17-12(20-9)15-6-7-19-2/h3-8,14H2,1-2H3,(H,15,17)(H,16,18). The Balaban J connectivity index is 1.88. The molecule has 0 unspecified atom stereocenters. The summed E-state index contributed by atoms with van der Waals surface area (Å²) >= 11 is 1.28. The summed E-state index contributed by atoms with van der Waals surface area (Å²) in [5.74, 6) is 0.152. The van der Waals surface area contributed by atoms with E-state index < -0.39 is 0 Å². The van der Waals surface area contributed by atoms with E-state index in [-0.39, 0.29) is 17.1 Å². The van der Waals surface area contributed by atoms with Crippen LogP contribution in [0.4, 0.5) is 10.9 Å². The lowest BCUT2D eigenvalue weighted by atomic mass is 9.70. The van der Waals surface area contributed by atoms with Crippen molar-refractivity contribution in [2.45, 2.75) is 26.2 Å². The van der Waals surface area contributed by atoms with Crippen LogP contribution < -0.4 is 16.4 Å². The average Bonchev–Trinajstić information content (AvgIpc) is 2.75. The predicted octanol–water partition coefficient (Wildman–Crippen LogP) is 1.70. The van der Waals surface area contributed by atoms with Crippen LogP contribution in [0.15, 0.2) is 0 Å². The van der Waals surface area contributed by atoms with Gasteiger partial charge in [0.15, 0.2) is 5.13 Å². The molecule has 2 rings (SSSR count). The maximum Gasteiger partial charge on any atom is 0.265 e. The fourth-order valence-corrected chi connectivity index (χ4v) is 2.99. The Morgan fingerprint density at radius 1 is 1.55 bits per heavy atom. The van der Waals surface area contributed by atoms with Crippen LogP contribution in [0.5, 0.6) is 0 Å². The van der Waals surface area contributed by atoms with Gasteiger partial charge >= 0.3 is 0 Å². The van der Waals surface area contributed by atoms with E-state index in [1.807, 2.05) is 0 Å². The maximum absolute atomic E-state index is 12.1. The number of rotatable bonds is 7. The summed E-state index contributed by atoms with van der Waals surface area (Å²) < 4.78 is 4.95. The fraction of sp³-hybridized carbons (Fsp3) is 0.692. The monoisotopic (exact) mass is 298 g/mol. The first kappa shape index (κ1) is 15.1. The van der Waals surface area contributed by atoms with Gasteiger partial charge in [0.2, 0.25) is 0 Å². The Hall–Kier alpha value is -1.34. The van der Waals surface area contributed by atoms with Gasteiger partial charge in [-0.1, -0.05) is 24.7 Å². The van der Waals surface area contributed by atoms with Crippen molar-refractivity contribution in [1.82, 2.24) is 10.3 Å². The van der Waals surface area contributed by atoms with E-state index in [2.05, 4.69) is 22.5 Å². The molecule has 1 fully saturated rings. The van der Waals surface area contributed by atoms with E-state index >= 15 is 0 Å². The van der Waals surface area contributed by atoms with Crippen molar-refractivity contribution in [3.05, 3.63) is 4.88 Å². The third-order valence-corrected chi connectivity index (χ3v) is 4.71. The first-order valence-electron chi connectivity index (χ1n) is 6.81. The van der Waals surface area contributed by atoms with Gasteiger partial charge in [-0.05, 0) is 18.3 Å². The van der Waals surface area contributed by atoms with E-state index in [9.17, 15) is 4.79 Å². The molecule has 0 aromatic carbocycles. The second-order valence-electron chi connectivity index (χ2n) is 5.50. The number of nitrogen functional groups attached to an aromatic ring is 1. The maximum atomic E-state index is 12.1. The largest absolute Gasteiger partial charge is 0.383 e. The fourth-order valence-electron chi connectivity index (χ4n) is 2.16. The first-order chi connectivity index (χ1) is 9.54. The highest BCUT2D eigenvalue weighted by molar-refractivity contribution is 7.18. The third kappa shape index (κ3) is 3.61. The van der Waals surface area contributed by atoms with Crippen molar-refractivity contribution in [1.29, 1.82) is 0 Å². The van der Waals surface area contributed by atoms with Crippen LogP contribution in [0, 0.1) is 5.41 Å². The summed E-state index contributed by atoms with van der Waals surface area (Å²) in [5, 5.41) is 6.69. The Bertz CT molecular complexity index is 471. The molecule has 1 heterocycles. The van der Waals surface area contributed by atoms with Gasteiger partial charge in [-0.25, -0.2) is 4.98 Å². The Labute approximate surface area is 123 Å². The first-order valence-corrected chi connectivity index (χ1v) is 7.63. The SMILES string of the molecule is COCCNc1nc(N)c(C(=O)NCC2(C)CCC2)s1. The number of thiazole rings is 1. The molecule has 0 aliphatic heterocycles. The van der Waals surface area contributed by atoms with Gasteiger partial charge in [0.05, 0.1) is 6.61 Å². The molecule has 0 atom stereocenters. The zero-order chi connectivity index (χ0) is 14.6. The second-order valence-corrected chi connectivity index (χ2v) is 6.50. The molecule has 112 valence electrons. The molecule has 0 spiro atoms. The van der Waals surface area contributed by atoms with E-state index in [1.165, 1.54) is 30.6 Å². The molecule has 0 saturated heterocycles. The number of carbonyl (C=O) groups is 1. The second kappa shape index (κ2) is 6.41. The van der Waals surface area contributed by atoms with E-state index in [4.69, 9.17) is 10.5 Å². The summed E-state index contributed by atoms with van der Waals surface area (Å²) in [6.07, 6.45) is 3.60. The molecule has 1 aromatic heterocycles. The van der Waals surface area contributed by atoms with Crippen LogP contribution in [0.3, 0.4) is 0 Å². The number of nitrogens with two attached hydrogens (primary N) is 1. The summed E-state index contributed by atoms with van der Waals surface area (Å²) in [6, 6.07) is 0. The van der Waals surface area contributed by atoms with Gasteiger partial charge in [-0.3, -0.25) is 4.79 Å². The van der Waals surface area contributed by atoms with Crippen LogP contribution >= 0.6 is 11.3 Å². The van der Waals surface area contributed by atoms with Gasteiger partial charge in [-0.2, -0.15) is 0 Å². The minimum absolute atomic E-state index is 0.132. The number of carbonyl (C=O) groups excluding carboxylic acids is 1. The van der Waals surface area contributed by atoms with E-state index in [0.717, 1.165) is 0 Å². The Kier molecular flexibility index (Phi) is 4.82. The summed E-state index contributed by atoms with van der Waals surface area (Å²) in [7, 11) is 1.64. The van der Waals surface area contributed by atoms with Crippen LogP contribution in [0.2, 0.25) is 0 Å². The molecule has 1 aromatic rings. The molecule has 1 aliphatic rings. The highest BCUT2D eigenvalue weighted by Gasteiger charge is 2.32. The molecule has 6 nitrogen and oxygen atoms in total. The highest BCUT2D eigenvalue weighted by atomic mass is 32.1. The minimum atomic E-state index is -0.132. The number of hydrogen-bond donors (Lipinski definition) is 3. The van der Waals surface area contributed by atoms with Crippen LogP contribution in [0.25, 0.3) is 0 Å². The summed E-state index contributed by atoms with van der Waals surface area (Å²) in [6.45, 7) is 4.13. The van der Waals surface area contributed by atoms with Crippen molar-refractivity contribution < 1.29 is 9.53 Å². The number of nitrogens with zero attached hydrogens (tertiary/aromatic N) is 1. The molecular formula is C13H22N4O2S. The Morgan fingerprint density at radius 2 is 2.30 bits per heavy atom. The third-order valence-electron chi connectivity index (χ3n) is 3.68. The number of methoxy groups -OCH3 is 1. The van der Waals surface area contributed by atoms with Gasteiger partial charge in [0.25, 0.3) is 5.91 Å². The van der Waals surface area contributed by atoms with Crippen LogP contribution in [-0.2, 0) is 4.74 Å².